The summed E-state index contributed by atoms with van der Waals surface area (Å²) in [4.78, 5) is 15.9. The van der Waals surface area contributed by atoms with Crippen LogP contribution in [0.3, 0.4) is 0 Å². The average Bonchev–Trinajstić information content (AvgIpc) is 2.34. The number of rotatable bonds is 5. The quantitative estimate of drug-likeness (QED) is 0.700. The largest absolute Gasteiger partial charge is 0.338 e. The number of hydrogen-bond acceptors (Lipinski definition) is 3. The van der Waals surface area contributed by atoms with Crippen molar-refractivity contribution in [2.75, 3.05) is 45.8 Å². The third-order valence-electron chi connectivity index (χ3n) is 2.86. The van der Waals surface area contributed by atoms with E-state index in [1.165, 1.54) is 0 Å². The van der Waals surface area contributed by atoms with Crippen molar-refractivity contribution in [3.63, 3.8) is 0 Å². The van der Waals surface area contributed by atoms with Gasteiger partial charge in [-0.15, -0.1) is 0 Å². The van der Waals surface area contributed by atoms with Crippen molar-refractivity contribution in [1.82, 2.24) is 15.1 Å². The van der Waals surface area contributed by atoms with Gasteiger partial charge in [0.25, 0.3) is 0 Å². The fourth-order valence-corrected chi connectivity index (χ4v) is 1.83. The summed E-state index contributed by atoms with van der Waals surface area (Å²) in [7, 11) is 0. The van der Waals surface area contributed by atoms with E-state index in [1.54, 1.807) is 0 Å². The highest BCUT2D eigenvalue weighted by Gasteiger charge is 2.19. The molecule has 5 heteroatoms. The van der Waals surface area contributed by atoms with Gasteiger partial charge < -0.3 is 16.0 Å². The average molecular weight is 228 g/mol. The van der Waals surface area contributed by atoms with E-state index in [0.29, 0.717) is 0 Å². The minimum absolute atomic E-state index is 0.0836. The summed E-state index contributed by atoms with van der Waals surface area (Å²) in [5.41, 5.74) is 5.47. The van der Waals surface area contributed by atoms with Crippen LogP contribution in [0.2, 0.25) is 0 Å². The van der Waals surface area contributed by atoms with Crippen molar-refractivity contribution < 1.29 is 4.79 Å². The zero-order valence-electron chi connectivity index (χ0n) is 10.2. The smallest absolute Gasteiger partial charge is 0.317 e. The predicted octanol–water partition coefficient (Wildman–Crippen LogP) is 0.0724. The van der Waals surface area contributed by atoms with Crippen molar-refractivity contribution in [2.45, 2.75) is 19.8 Å². The SMILES string of the molecule is CCCNC(=O)N1CCN(CCCN)CC1. The second-order valence-corrected chi connectivity index (χ2v) is 4.20. The van der Waals surface area contributed by atoms with E-state index in [0.717, 1.165) is 58.7 Å². The maximum Gasteiger partial charge on any atom is 0.317 e. The topological polar surface area (TPSA) is 61.6 Å². The van der Waals surface area contributed by atoms with Gasteiger partial charge in [0.2, 0.25) is 0 Å². The molecule has 16 heavy (non-hydrogen) atoms. The zero-order chi connectivity index (χ0) is 11.8. The van der Waals surface area contributed by atoms with E-state index in [9.17, 15) is 4.79 Å². The maximum atomic E-state index is 11.7. The Morgan fingerprint density at radius 2 is 2.00 bits per heavy atom. The molecule has 1 heterocycles. The highest BCUT2D eigenvalue weighted by Crippen LogP contribution is 2.02. The van der Waals surface area contributed by atoms with Gasteiger partial charge in [0.1, 0.15) is 0 Å². The molecule has 1 aliphatic heterocycles. The normalized spacial score (nSPS) is 17.5. The number of hydrogen-bond donors (Lipinski definition) is 2. The van der Waals surface area contributed by atoms with Gasteiger partial charge in [0.15, 0.2) is 0 Å². The lowest BCUT2D eigenvalue weighted by Gasteiger charge is -2.34. The van der Waals surface area contributed by atoms with Gasteiger partial charge in [-0.2, -0.15) is 0 Å². The zero-order valence-corrected chi connectivity index (χ0v) is 10.2. The molecule has 0 spiro atoms. The number of nitrogens with zero attached hydrogens (tertiary/aromatic N) is 2. The molecule has 0 unspecified atom stereocenters. The van der Waals surface area contributed by atoms with Gasteiger partial charge in [-0.05, 0) is 25.9 Å². The Bertz CT molecular complexity index is 202. The van der Waals surface area contributed by atoms with Crippen LogP contribution >= 0.6 is 0 Å². The number of carbonyl (C=O) groups is 1. The van der Waals surface area contributed by atoms with Crippen LogP contribution in [0.1, 0.15) is 19.8 Å². The number of nitrogens with two attached hydrogens (primary N) is 1. The molecule has 1 saturated heterocycles. The van der Waals surface area contributed by atoms with Crippen LogP contribution in [0.5, 0.6) is 0 Å². The standard InChI is InChI=1S/C11H24N4O/c1-2-5-13-11(16)15-9-7-14(8-10-15)6-3-4-12/h2-10,12H2,1H3,(H,13,16). The summed E-state index contributed by atoms with van der Waals surface area (Å²) < 4.78 is 0. The molecule has 0 aromatic heterocycles. The van der Waals surface area contributed by atoms with E-state index in [1.807, 2.05) is 4.90 Å². The Labute approximate surface area is 98.0 Å². The van der Waals surface area contributed by atoms with Crippen LogP contribution in [0.15, 0.2) is 0 Å². The Morgan fingerprint density at radius 1 is 1.31 bits per heavy atom. The van der Waals surface area contributed by atoms with E-state index >= 15 is 0 Å². The number of nitrogens with one attached hydrogen (secondary N) is 1. The lowest BCUT2D eigenvalue weighted by atomic mass is 10.3. The maximum absolute atomic E-state index is 11.7. The summed E-state index contributed by atoms with van der Waals surface area (Å²) in [5, 5.41) is 2.91. The van der Waals surface area contributed by atoms with Crippen LogP contribution in [0.4, 0.5) is 4.79 Å². The third kappa shape index (κ3) is 4.37. The molecule has 2 amide bonds. The number of urea groups is 1. The molecule has 0 aromatic carbocycles. The van der Waals surface area contributed by atoms with Crippen molar-refractivity contribution >= 4 is 6.03 Å². The van der Waals surface area contributed by atoms with Crippen LogP contribution in [-0.2, 0) is 0 Å². The van der Waals surface area contributed by atoms with Crippen LogP contribution < -0.4 is 11.1 Å². The minimum Gasteiger partial charge on any atom is -0.338 e. The van der Waals surface area contributed by atoms with Crippen LogP contribution in [0.25, 0.3) is 0 Å². The molecule has 0 aliphatic carbocycles. The van der Waals surface area contributed by atoms with Crippen molar-refractivity contribution in [1.29, 1.82) is 0 Å². The Morgan fingerprint density at radius 3 is 2.56 bits per heavy atom. The highest BCUT2D eigenvalue weighted by atomic mass is 16.2. The molecule has 1 fully saturated rings. The van der Waals surface area contributed by atoms with Crippen LogP contribution in [0, 0.1) is 0 Å². The lowest BCUT2D eigenvalue weighted by molar-refractivity contribution is 0.139. The summed E-state index contributed by atoms with van der Waals surface area (Å²) in [6, 6.07) is 0.0836. The summed E-state index contributed by atoms with van der Waals surface area (Å²) >= 11 is 0. The van der Waals surface area contributed by atoms with Gasteiger partial charge in [-0.1, -0.05) is 6.92 Å². The minimum atomic E-state index is 0.0836. The van der Waals surface area contributed by atoms with Gasteiger partial charge >= 0.3 is 6.03 Å². The van der Waals surface area contributed by atoms with Crippen molar-refractivity contribution in [2.24, 2.45) is 5.73 Å². The first-order valence-electron chi connectivity index (χ1n) is 6.23. The second-order valence-electron chi connectivity index (χ2n) is 4.20. The first-order chi connectivity index (χ1) is 7.77. The molecule has 1 aliphatic rings. The highest BCUT2D eigenvalue weighted by molar-refractivity contribution is 5.74. The van der Waals surface area contributed by atoms with E-state index in [2.05, 4.69) is 17.1 Å². The van der Waals surface area contributed by atoms with E-state index < -0.39 is 0 Å². The Hall–Kier alpha value is -0.810. The van der Waals surface area contributed by atoms with Gasteiger partial charge in [0.05, 0.1) is 0 Å². The number of amides is 2. The van der Waals surface area contributed by atoms with E-state index in [-0.39, 0.29) is 6.03 Å². The fraction of sp³-hybridized carbons (Fsp3) is 0.909. The Kier molecular flexibility index (Phi) is 6.18. The van der Waals surface area contributed by atoms with Crippen molar-refractivity contribution in [3.8, 4) is 0 Å². The first kappa shape index (κ1) is 13.3. The summed E-state index contributed by atoms with van der Waals surface area (Å²) in [6.07, 6.45) is 2.03. The molecule has 1 rings (SSSR count). The fourth-order valence-electron chi connectivity index (χ4n) is 1.83. The molecule has 0 radical (unpaired) electrons. The summed E-state index contributed by atoms with van der Waals surface area (Å²) in [6.45, 7) is 8.24. The van der Waals surface area contributed by atoms with Gasteiger partial charge in [-0.25, -0.2) is 4.79 Å². The molecular weight excluding hydrogens is 204 g/mol. The van der Waals surface area contributed by atoms with Gasteiger partial charge in [0, 0.05) is 32.7 Å². The molecule has 3 N–H and O–H groups in total. The van der Waals surface area contributed by atoms with Crippen molar-refractivity contribution in [3.05, 3.63) is 0 Å². The number of piperazine rings is 1. The monoisotopic (exact) mass is 228 g/mol. The molecule has 0 bridgehead atoms. The predicted molar refractivity (Wildman–Crippen MR) is 65.4 cm³/mol. The van der Waals surface area contributed by atoms with Crippen LogP contribution in [-0.4, -0.2) is 61.6 Å². The second kappa shape index (κ2) is 7.46. The molecule has 5 nitrogen and oxygen atoms in total. The third-order valence-corrected chi connectivity index (χ3v) is 2.86. The first-order valence-corrected chi connectivity index (χ1v) is 6.23. The molecule has 0 aromatic rings. The number of carbonyl (C=O) groups excluding carboxylic acids is 1. The molecule has 0 saturated carbocycles. The lowest BCUT2D eigenvalue weighted by Crippen LogP contribution is -2.52. The summed E-state index contributed by atoms with van der Waals surface area (Å²) in [5.74, 6) is 0. The van der Waals surface area contributed by atoms with E-state index in [4.69, 9.17) is 5.73 Å². The molecule has 94 valence electrons. The van der Waals surface area contributed by atoms with Gasteiger partial charge in [-0.3, -0.25) is 4.90 Å². The molecular formula is C11H24N4O. The Balaban J connectivity index is 2.18. The molecule has 0 atom stereocenters.